The van der Waals surface area contributed by atoms with Crippen LogP contribution in [0.2, 0.25) is 0 Å². The maximum absolute atomic E-state index is 12.0. The Morgan fingerprint density at radius 2 is 2.19 bits per heavy atom. The third kappa shape index (κ3) is 5.91. The van der Waals surface area contributed by atoms with E-state index in [-0.39, 0.29) is 30.5 Å². The smallest absolute Gasteiger partial charge is 0.220 e. The molecule has 0 aromatic heterocycles. The number of ether oxygens (including phenoxy) is 2. The summed E-state index contributed by atoms with van der Waals surface area (Å²) < 4.78 is 10.6. The van der Waals surface area contributed by atoms with Gasteiger partial charge in [0.25, 0.3) is 0 Å². The molecule has 1 aliphatic rings. The molecule has 0 aliphatic carbocycles. The highest BCUT2D eigenvalue weighted by Gasteiger charge is 2.35. The van der Waals surface area contributed by atoms with E-state index in [4.69, 9.17) is 9.47 Å². The minimum absolute atomic E-state index is 0.0531. The van der Waals surface area contributed by atoms with Crippen molar-refractivity contribution >= 4 is 11.8 Å². The first-order valence-corrected chi connectivity index (χ1v) is 8.99. The fourth-order valence-electron chi connectivity index (χ4n) is 3.02. The molecule has 1 heterocycles. The molecule has 7 heteroatoms. The molecule has 2 rings (SSSR count). The van der Waals surface area contributed by atoms with Gasteiger partial charge in [-0.25, -0.2) is 0 Å². The van der Waals surface area contributed by atoms with Crippen LogP contribution in [0.25, 0.3) is 0 Å². The van der Waals surface area contributed by atoms with Gasteiger partial charge in [0.15, 0.2) is 0 Å². The van der Waals surface area contributed by atoms with Crippen molar-refractivity contribution in [3.05, 3.63) is 24.3 Å². The van der Waals surface area contributed by atoms with Crippen molar-refractivity contribution in [3.63, 3.8) is 0 Å². The molecule has 1 fully saturated rings. The molecule has 1 aromatic carbocycles. The molecule has 1 saturated heterocycles. The number of rotatable bonds is 10. The summed E-state index contributed by atoms with van der Waals surface area (Å²) in [6.45, 7) is 2.21. The van der Waals surface area contributed by atoms with Crippen LogP contribution in [0, 0.1) is 0 Å². The Morgan fingerprint density at radius 3 is 2.85 bits per heavy atom. The van der Waals surface area contributed by atoms with Gasteiger partial charge < -0.3 is 25.2 Å². The molecule has 0 saturated carbocycles. The molecule has 2 amide bonds. The van der Waals surface area contributed by atoms with Crippen LogP contribution >= 0.6 is 0 Å². The van der Waals surface area contributed by atoms with Gasteiger partial charge in [0.1, 0.15) is 24.2 Å². The first-order chi connectivity index (χ1) is 12.5. The zero-order valence-electron chi connectivity index (χ0n) is 15.4. The number of benzene rings is 1. The van der Waals surface area contributed by atoms with Crippen LogP contribution in [0.3, 0.4) is 0 Å². The zero-order chi connectivity index (χ0) is 19.0. The molecular formula is C19H28N2O5. The van der Waals surface area contributed by atoms with Gasteiger partial charge in [-0.05, 0) is 31.4 Å². The van der Waals surface area contributed by atoms with E-state index in [1.807, 2.05) is 6.92 Å². The molecule has 0 unspecified atom stereocenters. The number of hydrogen-bond acceptors (Lipinski definition) is 5. The normalized spacial score (nSPS) is 20.3. The molecule has 3 N–H and O–H groups in total. The lowest BCUT2D eigenvalue weighted by Gasteiger charge is -2.27. The van der Waals surface area contributed by atoms with Crippen molar-refractivity contribution in [1.29, 1.82) is 0 Å². The highest BCUT2D eigenvalue weighted by Crippen LogP contribution is 2.28. The minimum Gasteiger partial charge on any atom is -0.497 e. The highest BCUT2D eigenvalue weighted by molar-refractivity contribution is 5.80. The summed E-state index contributed by atoms with van der Waals surface area (Å²) in [6, 6.07) is 7.10. The number of aliphatic hydroxyl groups excluding tert-OH is 1. The average molecular weight is 364 g/mol. The summed E-state index contributed by atoms with van der Waals surface area (Å²) in [6.07, 6.45) is 2.22. The maximum Gasteiger partial charge on any atom is 0.220 e. The van der Waals surface area contributed by atoms with Crippen LogP contribution in [0.15, 0.2) is 24.3 Å². The minimum atomic E-state index is -0.809. The van der Waals surface area contributed by atoms with Gasteiger partial charge in [0, 0.05) is 31.0 Å². The van der Waals surface area contributed by atoms with E-state index in [9.17, 15) is 14.7 Å². The topological polar surface area (TPSA) is 96.9 Å². The van der Waals surface area contributed by atoms with Crippen molar-refractivity contribution in [2.24, 2.45) is 0 Å². The van der Waals surface area contributed by atoms with Crippen molar-refractivity contribution in [2.45, 2.75) is 50.7 Å². The van der Waals surface area contributed by atoms with E-state index in [0.717, 1.165) is 12.8 Å². The van der Waals surface area contributed by atoms with E-state index in [1.165, 1.54) is 0 Å². The summed E-state index contributed by atoms with van der Waals surface area (Å²) in [5.74, 6) is 1.18. The van der Waals surface area contributed by atoms with Crippen LogP contribution in [-0.2, 0) is 9.59 Å². The molecule has 26 heavy (non-hydrogen) atoms. The quantitative estimate of drug-likeness (QED) is 0.583. The van der Waals surface area contributed by atoms with Crippen LogP contribution in [0.1, 0.15) is 39.0 Å². The van der Waals surface area contributed by atoms with Gasteiger partial charge in [0.05, 0.1) is 7.11 Å². The standard InChI is InChI=1S/C19H28N2O5/c1-3-19(10-8-18(24)21-19)9-7-17(23)20-12-14(22)13-26-16-6-4-5-15(11-16)25-2/h4-6,11,14,22H,3,7-10,12-13H2,1-2H3,(H,20,23)(H,21,24)/t14-,19+/m1/s1. The number of amides is 2. The second-order valence-corrected chi connectivity index (χ2v) is 6.63. The van der Waals surface area contributed by atoms with Crippen LogP contribution in [0.4, 0.5) is 0 Å². The summed E-state index contributed by atoms with van der Waals surface area (Å²) in [5.41, 5.74) is -0.261. The number of methoxy groups -OCH3 is 1. The Kier molecular flexibility index (Phi) is 7.26. The Bertz CT molecular complexity index is 622. The highest BCUT2D eigenvalue weighted by atomic mass is 16.5. The van der Waals surface area contributed by atoms with Gasteiger partial charge in [-0.3, -0.25) is 9.59 Å². The van der Waals surface area contributed by atoms with E-state index < -0.39 is 6.10 Å². The second-order valence-electron chi connectivity index (χ2n) is 6.63. The molecule has 144 valence electrons. The summed E-state index contributed by atoms with van der Waals surface area (Å²) in [5, 5.41) is 15.7. The molecule has 1 aromatic rings. The number of aliphatic hydroxyl groups is 1. The van der Waals surface area contributed by atoms with Gasteiger partial charge in [-0.2, -0.15) is 0 Å². The van der Waals surface area contributed by atoms with Crippen LogP contribution < -0.4 is 20.1 Å². The lowest BCUT2D eigenvalue weighted by atomic mass is 9.89. The van der Waals surface area contributed by atoms with E-state index in [0.29, 0.717) is 30.8 Å². The molecule has 7 nitrogen and oxygen atoms in total. The number of carbonyl (C=O) groups excluding carboxylic acids is 2. The maximum atomic E-state index is 12.0. The van der Waals surface area contributed by atoms with Crippen LogP contribution in [-0.4, -0.2) is 48.8 Å². The van der Waals surface area contributed by atoms with E-state index >= 15 is 0 Å². The van der Waals surface area contributed by atoms with Gasteiger partial charge in [0.2, 0.25) is 11.8 Å². The molecule has 0 radical (unpaired) electrons. The van der Waals surface area contributed by atoms with Crippen molar-refractivity contribution in [2.75, 3.05) is 20.3 Å². The Balaban J connectivity index is 1.67. The summed E-state index contributed by atoms with van der Waals surface area (Å²) in [4.78, 5) is 23.4. The predicted molar refractivity (Wildman–Crippen MR) is 97.1 cm³/mol. The number of nitrogens with one attached hydrogen (secondary N) is 2. The van der Waals surface area contributed by atoms with E-state index in [1.54, 1.807) is 31.4 Å². The Hall–Kier alpha value is -2.28. The lowest BCUT2D eigenvalue weighted by molar-refractivity contribution is -0.123. The van der Waals surface area contributed by atoms with Gasteiger partial charge in [-0.15, -0.1) is 0 Å². The third-order valence-corrected chi connectivity index (χ3v) is 4.76. The SMILES string of the molecule is CC[C@]1(CCC(=O)NC[C@@H](O)COc2cccc(OC)c2)CCC(=O)N1. The first kappa shape index (κ1) is 20.0. The summed E-state index contributed by atoms with van der Waals surface area (Å²) in [7, 11) is 1.57. The van der Waals surface area contributed by atoms with Crippen molar-refractivity contribution in [1.82, 2.24) is 10.6 Å². The van der Waals surface area contributed by atoms with Crippen molar-refractivity contribution in [3.8, 4) is 11.5 Å². The molecule has 0 spiro atoms. The first-order valence-electron chi connectivity index (χ1n) is 8.99. The second kappa shape index (κ2) is 9.43. The number of hydrogen-bond donors (Lipinski definition) is 3. The predicted octanol–water partition coefficient (Wildman–Crippen LogP) is 1.39. The molecule has 2 atom stereocenters. The van der Waals surface area contributed by atoms with E-state index in [2.05, 4.69) is 10.6 Å². The fraction of sp³-hybridized carbons (Fsp3) is 0.579. The molecule has 0 bridgehead atoms. The van der Waals surface area contributed by atoms with Crippen molar-refractivity contribution < 1.29 is 24.2 Å². The largest absolute Gasteiger partial charge is 0.497 e. The molecule has 1 aliphatic heterocycles. The Labute approximate surface area is 154 Å². The Morgan fingerprint density at radius 1 is 1.42 bits per heavy atom. The average Bonchev–Trinajstić information content (AvgIpc) is 3.04. The van der Waals surface area contributed by atoms with Crippen LogP contribution in [0.5, 0.6) is 11.5 Å². The van der Waals surface area contributed by atoms with Gasteiger partial charge >= 0.3 is 0 Å². The monoisotopic (exact) mass is 364 g/mol. The van der Waals surface area contributed by atoms with Gasteiger partial charge in [-0.1, -0.05) is 13.0 Å². The fourth-order valence-corrected chi connectivity index (χ4v) is 3.02. The number of carbonyl (C=O) groups is 2. The zero-order valence-corrected chi connectivity index (χ0v) is 15.4. The molecular weight excluding hydrogens is 336 g/mol. The lowest BCUT2D eigenvalue weighted by Crippen LogP contribution is -2.42. The summed E-state index contributed by atoms with van der Waals surface area (Å²) >= 11 is 0. The third-order valence-electron chi connectivity index (χ3n) is 4.76.